The van der Waals surface area contributed by atoms with Gasteiger partial charge in [0.2, 0.25) is 0 Å². The molecular formula is C24H33Cl2FN4O3. The molecule has 2 aromatic rings. The van der Waals surface area contributed by atoms with E-state index in [1.807, 2.05) is 0 Å². The molecule has 1 aliphatic heterocycles. The number of fused-ring (bicyclic) bond motifs is 1. The van der Waals surface area contributed by atoms with Gasteiger partial charge in [-0.1, -0.05) is 23.2 Å². The van der Waals surface area contributed by atoms with Crippen molar-refractivity contribution in [3.8, 4) is 0 Å². The van der Waals surface area contributed by atoms with E-state index in [1.54, 1.807) is 6.07 Å². The average Bonchev–Trinajstić information content (AvgIpc) is 3.20. The fourth-order valence-corrected chi connectivity index (χ4v) is 5.30. The zero-order valence-corrected chi connectivity index (χ0v) is 20.8. The van der Waals surface area contributed by atoms with Crippen molar-refractivity contribution in [2.24, 2.45) is 5.92 Å². The lowest BCUT2D eigenvalue weighted by atomic mass is 9.84. The number of rotatable bonds is 5. The van der Waals surface area contributed by atoms with Gasteiger partial charge >= 0.3 is 6.09 Å². The van der Waals surface area contributed by atoms with Crippen LogP contribution in [-0.2, 0) is 0 Å². The average molecular weight is 515 g/mol. The molecule has 34 heavy (non-hydrogen) atoms. The zero-order valence-electron chi connectivity index (χ0n) is 19.3. The van der Waals surface area contributed by atoms with Crippen LogP contribution in [0.25, 0.3) is 11.0 Å². The van der Waals surface area contributed by atoms with Crippen LogP contribution < -0.4 is 10.2 Å². The highest BCUT2D eigenvalue weighted by atomic mass is 35.5. The number of aromatic nitrogens is 1. The predicted octanol–water partition coefficient (Wildman–Crippen LogP) is 5.74. The van der Waals surface area contributed by atoms with Gasteiger partial charge in [0.05, 0.1) is 10.4 Å². The molecule has 2 aliphatic carbocycles. The molecule has 0 atom stereocenters. The maximum atomic E-state index is 13.6. The third-order valence-electron chi connectivity index (χ3n) is 7.23. The monoisotopic (exact) mass is 514 g/mol. The first-order chi connectivity index (χ1) is 16.4. The van der Waals surface area contributed by atoms with Crippen molar-refractivity contribution in [1.82, 2.24) is 15.4 Å². The molecule has 0 spiro atoms. The fourth-order valence-electron chi connectivity index (χ4n) is 4.83. The summed E-state index contributed by atoms with van der Waals surface area (Å²) in [5.74, 6) is 0.904. The summed E-state index contributed by atoms with van der Waals surface area (Å²) in [4.78, 5) is 15.4. The van der Waals surface area contributed by atoms with Crippen LogP contribution in [0.15, 0.2) is 16.7 Å². The number of anilines is 1. The molecule has 1 amide bonds. The Bertz CT molecular complexity index is 955. The number of hydrogen-bond donors (Lipinski definition) is 2. The highest BCUT2D eigenvalue weighted by Crippen LogP contribution is 2.31. The van der Waals surface area contributed by atoms with Gasteiger partial charge in [0, 0.05) is 43.7 Å². The predicted molar refractivity (Wildman–Crippen MR) is 133 cm³/mol. The molecule has 0 unspecified atom stereocenters. The maximum Gasteiger partial charge on any atom is 0.404 e. The number of alkyl halides is 1. The fraction of sp³-hybridized carbons (Fsp3) is 0.667. The van der Waals surface area contributed by atoms with E-state index < -0.39 is 11.9 Å². The van der Waals surface area contributed by atoms with E-state index in [0.717, 1.165) is 76.0 Å². The van der Waals surface area contributed by atoms with Crippen molar-refractivity contribution < 1.29 is 18.8 Å². The molecule has 3 aliphatic rings. The number of hydrogen-bond acceptors (Lipinski definition) is 5. The van der Waals surface area contributed by atoms with Crippen LogP contribution in [0.3, 0.4) is 0 Å². The van der Waals surface area contributed by atoms with Gasteiger partial charge in [-0.3, -0.25) is 4.90 Å². The van der Waals surface area contributed by atoms with Gasteiger partial charge in [-0.25, -0.2) is 9.18 Å². The van der Waals surface area contributed by atoms with Gasteiger partial charge in [-0.15, -0.1) is 11.6 Å². The Labute approximate surface area is 209 Å². The summed E-state index contributed by atoms with van der Waals surface area (Å²) in [7, 11) is 0. The van der Waals surface area contributed by atoms with E-state index in [0.29, 0.717) is 16.9 Å². The third kappa shape index (κ3) is 6.67. The molecule has 2 heterocycles. The number of nitrogens with zero attached hydrogens (tertiary/aromatic N) is 3. The minimum atomic E-state index is -0.918. The summed E-state index contributed by atoms with van der Waals surface area (Å²) in [6, 6.07) is 2.98. The molecule has 1 aromatic heterocycles. The van der Waals surface area contributed by atoms with Crippen LogP contribution in [0, 0.1) is 11.7 Å². The summed E-state index contributed by atoms with van der Waals surface area (Å²) in [5.41, 5.74) is 0.414. The van der Waals surface area contributed by atoms with E-state index in [4.69, 9.17) is 32.8 Å². The SMILES string of the molecule is ClC1CCC1.O=C(O)NC1CCC(CCN2CCN(c3noc4cc(F)c(Cl)cc34)CC2)CC1. The van der Waals surface area contributed by atoms with Crippen LogP contribution in [0.2, 0.25) is 5.02 Å². The number of amides is 1. The molecule has 1 saturated heterocycles. The van der Waals surface area contributed by atoms with Gasteiger partial charge in [-0.2, -0.15) is 0 Å². The first-order valence-corrected chi connectivity index (χ1v) is 13.1. The molecule has 3 fully saturated rings. The quantitative estimate of drug-likeness (QED) is 0.495. The van der Waals surface area contributed by atoms with Crippen molar-refractivity contribution in [1.29, 1.82) is 0 Å². The first-order valence-electron chi connectivity index (χ1n) is 12.2. The number of piperazine rings is 1. The van der Waals surface area contributed by atoms with Crippen molar-refractivity contribution >= 4 is 46.1 Å². The van der Waals surface area contributed by atoms with Crippen LogP contribution in [0.5, 0.6) is 0 Å². The van der Waals surface area contributed by atoms with Gasteiger partial charge in [0.25, 0.3) is 0 Å². The summed E-state index contributed by atoms with van der Waals surface area (Å²) < 4.78 is 18.9. The molecule has 1 aromatic carbocycles. The topological polar surface area (TPSA) is 81.8 Å². The van der Waals surface area contributed by atoms with E-state index >= 15 is 0 Å². The van der Waals surface area contributed by atoms with E-state index in [1.165, 1.54) is 25.3 Å². The number of nitrogens with one attached hydrogen (secondary N) is 1. The standard InChI is InChI=1S/C20H26ClFN4O3.C4H7Cl/c21-16-11-15-18(12-17(16)22)29-24-19(15)26-9-7-25(8-10-26)6-5-13-1-3-14(4-2-13)23-20(27)28;5-4-2-1-3-4/h11-14,23H,1-10H2,(H,27,28);4H,1-3H2. The van der Waals surface area contributed by atoms with Gasteiger partial charge in [-0.05, 0) is 63.5 Å². The summed E-state index contributed by atoms with van der Waals surface area (Å²) >= 11 is 11.5. The Balaban J connectivity index is 0.000000486. The highest BCUT2D eigenvalue weighted by molar-refractivity contribution is 6.31. The van der Waals surface area contributed by atoms with Crippen LogP contribution in [-0.4, -0.2) is 65.4 Å². The van der Waals surface area contributed by atoms with Gasteiger partial charge in [0.15, 0.2) is 11.4 Å². The van der Waals surface area contributed by atoms with Gasteiger partial charge < -0.3 is 19.8 Å². The molecular weight excluding hydrogens is 482 g/mol. The first kappa shape index (κ1) is 25.3. The van der Waals surface area contributed by atoms with E-state index in [2.05, 4.69) is 20.3 Å². The Hall–Kier alpha value is -1.77. The second-order valence-corrected chi connectivity index (χ2v) is 10.6. The second kappa shape index (κ2) is 11.8. The van der Waals surface area contributed by atoms with Crippen molar-refractivity contribution in [3.05, 3.63) is 23.0 Å². The Morgan fingerprint density at radius 3 is 2.41 bits per heavy atom. The largest absolute Gasteiger partial charge is 0.465 e. The van der Waals surface area contributed by atoms with Crippen molar-refractivity contribution in [2.75, 3.05) is 37.6 Å². The molecule has 188 valence electrons. The maximum absolute atomic E-state index is 13.6. The van der Waals surface area contributed by atoms with Gasteiger partial charge in [0.1, 0.15) is 5.82 Å². The molecule has 10 heteroatoms. The van der Waals surface area contributed by atoms with E-state index in [-0.39, 0.29) is 11.1 Å². The second-order valence-electron chi connectivity index (χ2n) is 9.58. The number of benzene rings is 1. The van der Waals surface area contributed by atoms with E-state index in [9.17, 15) is 9.18 Å². The lowest BCUT2D eigenvalue weighted by Gasteiger charge is -2.36. The Morgan fingerprint density at radius 1 is 1.15 bits per heavy atom. The number of halogens is 3. The molecule has 2 saturated carbocycles. The van der Waals surface area contributed by atoms with Crippen molar-refractivity contribution in [3.63, 3.8) is 0 Å². The molecule has 0 radical (unpaired) electrons. The Kier molecular flexibility index (Phi) is 8.77. The molecule has 2 N–H and O–H groups in total. The summed E-state index contributed by atoms with van der Waals surface area (Å²) in [5, 5.41) is 16.9. The Morgan fingerprint density at radius 2 is 1.82 bits per heavy atom. The van der Waals surface area contributed by atoms with Crippen LogP contribution >= 0.6 is 23.2 Å². The molecule has 0 bridgehead atoms. The summed E-state index contributed by atoms with van der Waals surface area (Å²) in [6.45, 7) is 4.63. The van der Waals surface area contributed by atoms with Crippen LogP contribution in [0.1, 0.15) is 51.4 Å². The van der Waals surface area contributed by atoms with Crippen LogP contribution in [0.4, 0.5) is 15.0 Å². The highest BCUT2D eigenvalue weighted by Gasteiger charge is 2.25. The zero-order chi connectivity index (χ0) is 24.1. The lowest BCUT2D eigenvalue weighted by Crippen LogP contribution is -2.47. The lowest BCUT2D eigenvalue weighted by molar-refractivity contribution is 0.177. The minimum absolute atomic E-state index is 0.0776. The number of carboxylic acid groups (broad SMARTS) is 1. The molecule has 5 rings (SSSR count). The van der Waals surface area contributed by atoms with Crippen molar-refractivity contribution in [2.45, 2.75) is 62.8 Å². The normalized spacial score (nSPS) is 23.8. The minimum Gasteiger partial charge on any atom is -0.465 e. The smallest absolute Gasteiger partial charge is 0.404 e. The third-order valence-corrected chi connectivity index (χ3v) is 7.95. The number of carbonyl (C=O) groups is 1. The molecule has 7 nitrogen and oxygen atoms in total. The summed E-state index contributed by atoms with van der Waals surface area (Å²) in [6.07, 6.45) is 8.15.